The van der Waals surface area contributed by atoms with Gasteiger partial charge in [0, 0.05) is 0 Å². The summed E-state index contributed by atoms with van der Waals surface area (Å²) >= 11 is 0. The van der Waals surface area contributed by atoms with Crippen LogP contribution in [0.4, 0.5) is 4.79 Å². The first kappa shape index (κ1) is 30.5. The molecule has 1 unspecified atom stereocenters. The number of alkyl carbamates (subject to hydrolysis) is 1. The second-order valence-corrected chi connectivity index (χ2v) is 10.1. The third-order valence-corrected chi connectivity index (χ3v) is 5.36. The molecule has 0 saturated heterocycles. The summed E-state index contributed by atoms with van der Waals surface area (Å²) < 4.78 is 10.5. The van der Waals surface area contributed by atoms with Gasteiger partial charge in [0.05, 0.1) is 13.2 Å². The number of ether oxygens (including phenoxy) is 2. The number of carbonyl (C=O) groups is 2. The molecule has 0 radical (unpaired) electrons. The molecule has 1 amide bonds. The number of nitrogens with one attached hydrogen (secondary N) is 1. The lowest BCUT2D eigenvalue weighted by molar-refractivity contribution is -0.146. The van der Waals surface area contributed by atoms with E-state index < -0.39 is 18.1 Å². The van der Waals surface area contributed by atoms with Gasteiger partial charge in [-0.3, -0.25) is 0 Å². The second kappa shape index (κ2) is 20.1. The first-order chi connectivity index (χ1) is 15.3. The highest BCUT2D eigenvalue weighted by atomic mass is 16.6. The Morgan fingerprint density at radius 2 is 1.28 bits per heavy atom. The molecule has 0 spiro atoms. The van der Waals surface area contributed by atoms with Gasteiger partial charge < -0.3 is 14.8 Å². The Morgan fingerprint density at radius 1 is 0.812 bits per heavy atom. The summed E-state index contributed by atoms with van der Waals surface area (Å²) in [5.41, 5.74) is -0.125. The summed E-state index contributed by atoms with van der Waals surface area (Å²) in [6.07, 6.45) is 19.4. The minimum atomic E-state index is -0.744. The summed E-state index contributed by atoms with van der Waals surface area (Å²) in [7, 11) is 0. The van der Waals surface area contributed by atoms with Gasteiger partial charge in [-0.15, -0.1) is 6.58 Å². The third kappa shape index (κ3) is 20.4. The fourth-order valence-electron chi connectivity index (χ4n) is 3.42. The fourth-order valence-corrected chi connectivity index (χ4v) is 3.42. The normalized spacial score (nSPS) is 12.2. The van der Waals surface area contributed by atoms with Crippen molar-refractivity contribution in [3.63, 3.8) is 0 Å². The van der Waals surface area contributed by atoms with Crippen LogP contribution >= 0.6 is 0 Å². The SMILES string of the molecule is C=CCC(NC(=O)OCC(C)(C)C)C(=O)OCCCCCCCCCCCCCCCC. The smallest absolute Gasteiger partial charge is 0.407 e. The van der Waals surface area contributed by atoms with E-state index in [9.17, 15) is 9.59 Å². The predicted molar refractivity (Wildman–Crippen MR) is 134 cm³/mol. The van der Waals surface area contributed by atoms with E-state index in [1.54, 1.807) is 6.08 Å². The summed E-state index contributed by atoms with van der Waals surface area (Å²) in [5.74, 6) is -0.424. The van der Waals surface area contributed by atoms with Crippen molar-refractivity contribution in [2.24, 2.45) is 5.41 Å². The summed E-state index contributed by atoms with van der Waals surface area (Å²) in [5, 5.41) is 2.59. The Balaban J connectivity index is 3.70. The van der Waals surface area contributed by atoms with Crippen molar-refractivity contribution >= 4 is 12.1 Å². The minimum Gasteiger partial charge on any atom is -0.464 e. The topological polar surface area (TPSA) is 64.6 Å². The highest BCUT2D eigenvalue weighted by molar-refractivity contribution is 5.81. The number of amides is 1. The van der Waals surface area contributed by atoms with E-state index >= 15 is 0 Å². The minimum absolute atomic E-state index is 0.125. The van der Waals surface area contributed by atoms with Gasteiger partial charge in [-0.25, -0.2) is 9.59 Å². The lowest BCUT2D eigenvalue weighted by atomic mass is 9.99. The van der Waals surface area contributed by atoms with Crippen LogP contribution in [0.25, 0.3) is 0 Å². The molecule has 0 saturated carbocycles. The van der Waals surface area contributed by atoms with Crippen LogP contribution < -0.4 is 5.32 Å². The van der Waals surface area contributed by atoms with E-state index in [4.69, 9.17) is 9.47 Å². The molecule has 32 heavy (non-hydrogen) atoms. The largest absolute Gasteiger partial charge is 0.464 e. The van der Waals surface area contributed by atoms with Crippen molar-refractivity contribution in [3.05, 3.63) is 12.7 Å². The van der Waals surface area contributed by atoms with Crippen molar-refractivity contribution in [1.29, 1.82) is 0 Å². The van der Waals surface area contributed by atoms with Crippen LogP contribution in [-0.4, -0.2) is 31.3 Å². The average molecular weight is 454 g/mol. The second-order valence-electron chi connectivity index (χ2n) is 10.1. The number of hydrogen-bond donors (Lipinski definition) is 1. The molecule has 0 rings (SSSR count). The van der Waals surface area contributed by atoms with Crippen LogP contribution in [0.15, 0.2) is 12.7 Å². The van der Waals surface area contributed by atoms with Gasteiger partial charge in [0.25, 0.3) is 0 Å². The van der Waals surface area contributed by atoms with Gasteiger partial charge in [-0.05, 0) is 18.3 Å². The van der Waals surface area contributed by atoms with Crippen molar-refractivity contribution < 1.29 is 19.1 Å². The molecule has 1 atom stereocenters. The quantitative estimate of drug-likeness (QED) is 0.116. The van der Waals surface area contributed by atoms with Crippen LogP contribution in [0.2, 0.25) is 0 Å². The first-order valence-corrected chi connectivity index (χ1v) is 13.0. The Labute approximate surface area is 198 Å². The molecule has 0 fully saturated rings. The average Bonchev–Trinajstić information content (AvgIpc) is 2.74. The lowest BCUT2D eigenvalue weighted by Crippen LogP contribution is -2.42. The zero-order valence-corrected chi connectivity index (χ0v) is 21.5. The van der Waals surface area contributed by atoms with Crippen molar-refractivity contribution in [3.8, 4) is 0 Å². The molecule has 0 aliphatic heterocycles. The zero-order chi connectivity index (χ0) is 24.1. The number of esters is 1. The highest BCUT2D eigenvalue weighted by Gasteiger charge is 2.22. The molecular weight excluding hydrogens is 402 g/mol. The van der Waals surface area contributed by atoms with Gasteiger partial charge in [0.2, 0.25) is 0 Å². The maximum absolute atomic E-state index is 12.3. The van der Waals surface area contributed by atoms with Crippen molar-refractivity contribution in [2.45, 2.75) is 130 Å². The van der Waals surface area contributed by atoms with Gasteiger partial charge in [0.1, 0.15) is 6.04 Å². The maximum atomic E-state index is 12.3. The molecule has 0 aliphatic carbocycles. The van der Waals surface area contributed by atoms with Gasteiger partial charge in [-0.1, -0.05) is 117 Å². The lowest BCUT2D eigenvalue weighted by Gasteiger charge is -2.20. The van der Waals surface area contributed by atoms with E-state index in [1.807, 2.05) is 20.8 Å². The van der Waals surface area contributed by atoms with E-state index in [2.05, 4.69) is 18.8 Å². The van der Waals surface area contributed by atoms with Crippen LogP contribution in [-0.2, 0) is 14.3 Å². The number of unbranched alkanes of at least 4 members (excludes halogenated alkanes) is 13. The molecule has 0 aromatic heterocycles. The monoisotopic (exact) mass is 453 g/mol. The summed E-state index contributed by atoms with van der Waals surface area (Å²) in [6.45, 7) is 12.5. The van der Waals surface area contributed by atoms with Gasteiger partial charge >= 0.3 is 12.1 Å². The van der Waals surface area contributed by atoms with E-state index in [0.29, 0.717) is 13.0 Å². The predicted octanol–water partition coefficient (Wildman–Crippen LogP) is 7.73. The molecule has 5 nitrogen and oxygen atoms in total. The molecule has 0 aliphatic rings. The van der Waals surface area contributed by atoms with E-state index in [1.165, 1.54) is 77.0 Å². The number of carbonyl (C=O) groups excluding carboxylic acids is 2. The van der Waals surface area contributed by atoms with Crippen LogP contribution in [0.1, 0.15) is 124 Å². The fraction of sp³-hybridized carbons (Fsp3) is 0.852. The zero-order valence-electron chi connectivity index (χ0n) is 21.5. The molecule has 188 valence electrons. The highest BCUT2D eigenvalue weighted by Crippen LogP contribution is 2.14. The first-order valence-electron chi connectivity index (χ1n) is 13.0. The Morgan fingerprint density at radius 3 is 1.72 bits per heavy atom. The molecule has 0 aromatic carbocycles. The number of rotatable bonds is 20. The molecule has 5 heteroatoms. The van der Waals surface area contributed by atoms with Crippen LogP contribution in [0.3, 0.4) is 0 Å². The van der Waals surface area contributed by atoms with Crippen molar-refractivity contribution in [2.75, 3.05) is 13.2 Å². The van der Waals surface area contributed by atoms with Crippen LogP contribution in [0, 0.1) is 5.41 Å². The van der Waals surface area contributed by atoms with E-state index in [-0.39, 0.29) is 12.0 Å². The summed E-state index contributed by atoms with van der Waals surface area (Å²) in [4.78, 5) is 24.2. The van der Waals surface area contributed by atoms with Gasteiger partial charge in [-0.2, -0.15) is 0 Å². The molecular formula is C27H51NO4. The van der Waals surface area contributed by atoms with Crippen molar-refractivity contribution in [1.82, 2.24) is 5.32 Å². The molecule has 1 N–H and O–H groups in total. The Kier molecular flexibility index (Phi) is 19.2. The van der Waals surface area contributed by atoms with E-state index in [0.717, 1.165) is 12.8 Å². The van der Waals surface area contributed by atoms with Gasteiger partial charge in [0.15, 0.2) is 0 Å². The number of hydrogen-bond acceptors (Lipinski definition) is 4. The van der Waals surface area contributed by atoms with Crippen LogP contribution in [0.5, 0.6) is 0 Å². The molecule has 0 heterocycles. The maximum Gasteiger partial charge on any atom is 0.407 e. The summed E-state index contributed by atoms with van der Waals surface area (Å²) in [6, 6.07) is -0.744. The Bertz CT molecular complexity index is 485. The molecule has 0 aromatic rings. The third-order valence-electron chi connectivity index (χ3n) is 5.36. The molecule has 0 bridgehead atoms. The standard InChI is InChI=1S/C27H51NO4/c1-6-8-9-10-11-12-13-14-15-16-17-18-19-20-22-31-25(29)24(21-7-2)28-26(30)32-23-27(3,4)5/h7,24H,2,6,8-23H2,1,3-5H3,(H,28,30). The Hall–Kier alpha value is -1.52.